The van der Waals surface area contributed by atoms with Crippen LogP contribution in [0.25, 0.3) is 0 Å². The Labute approximate surface area is 107 Å². The smallest absolute Gasteiger partial charge is 0.364 e. The number of aromatic nitrogens is 1. The number of carbonyl (C=O) groups excluding carboxylic acids is 2. The van der Waals surface area contributed by atoms with Crippen LogP contribution in [-0.4, -0.2) is 28.3 Å². The van der Waals surface area contributed by atoms with Crippen LogP contribution in [0.3, 0.4) is 0 Å². The highest BCUT2D eigenvalue weighted by atomic mass is 16.6. The van der Waals surface area contributed by atoms with Gasteiger partial charge in [-0.3, -0.25) is 15.4 Å². The summed E-state index contributed by atoms with van der Waals surface area (Å²) in [6.45, 7) is 0.0221. The van der Waals surface area contributed by atoms with Gasteiger partial charge in [-0.25, -0.2) is 0 Å². The largest absolute Gasteiger partial charge is 0.370 e. The summed E-state index contributed by atoms with van der Waals surface area (Å²) >= 11 is 0. The third kappa shape index (κ3) is 3.89. The fraction of sp³-hybridized carbons (Fsp3) is 0.222. The van der Waals surface area contributed by atoms with Gasteiger partial charge >= 0.3 is 5.82 Å². The van der Waals surface area contributed by atoms with Gasteiger partial charge in [0.15, 0.2) is 6.20 Å². The second kappa shape index (κ2) is 6.26. The van der Waals surface area contributed by atoms with E-state index in [9.17, 15) is 19.7 Å². The van der Waals surface area contributed by atoms with Crippen molar-refractivity contribution in [3.05, 3.63) is 27.9 Å². The molecule has 0 spiro atoms. The van der Waals surface area contributed by atoms with Gasteiger partial charge in [-0.2, -0.15) is 0 Å². The Balaban J connectivity index is 2.89. The Kier molecular flexibility index (Phi) is 4.71. The number of nitrogens with one attached hydrogen (secondary N) is 2. The monoisotopic (exact) mass is 268 g/mol. The predicted octanol–water partition coefficient (Wildman–Crippen LogP) is -1.12. The first kappa shape index (κ1) is 14.3. The fourth-order valence-electron chi connectivity index (χ4n) is 1.24. The van der Waals surface area contributed by atoms with Crippen LogP contribution in [0.1, 0.15) is 16.8 Å². The standard InChI is InChI=1S/C9H12N6O4/c10-7(16)1-2-12-9(17)5-3-8(15(18)19)13-4-6(5)14-11/h3-4,14H,1-2,11H2,(H2,10,16)(H,12,17). The molecule has 0 atom stereocenters. The Bertz CT molecular complexity index is 517. The van der Waals surface area contributed by atoms with E-state index in [0.29, 0.717) is 0 Å². The first-order valence-electron chi connectivity index (χ1n) is 5.13. The molecule has 19 heavy (non-hydrogen) atoms. The quantitative estimate of drug-likeness (QED) is 0.288. The van der Waals surface area contributed by atoms with E-state index in [2.05, 4.69) is 15.7 Å². The van der Waals surface area contributed by atoms with Crippen molar-refractivity contribution >= 4 is 23.3 Å². The molecule has 10 nitrogen and oxygen atoms in total. The minimum absolute atomic E-state index is 0.0221. The molecule has 0 saturated carbocycles. The van der Waals surface area contributed by atoms with Crippen LogP contribution in [-0.2, 0) is 4.79 Å². The van der Waals surface area contributed by atoms with Gasteiger partial charge in [-0.1, -0.05) is 0 Å². The second-order valence-corrected chi connectivity index (χ2v) is 3.46. The minimum Gasteiger partial charge on any atom is -0.370 e. The molecule has 1 aromatic heterocycles. The molecule has 0 aliphatic heterocycles. The molecule has 1 rings (SSSR count). The van der Waals surface area contributed by atoms with Crippen LogP contribution in [0, 0.1) is 10.1 Å². The lowest BCUT2D eigenvalue weighted by molar-refractivity contribution is -0.389. The molecule has 0 unspecified atom stereocenters. The summed E-state index contributed by atoms with van der Waals surface area (Å²) in [5, 5.41) is 13.0. The SMILES string of the molecule is NNc1cnc([N+](=O)[O-])cc1C(=O)NCCC(N)=O. The summed E-state index contributed by atoms with van der Waals surface area (Å²) in [6.07, 6.45) is 1.03. The Morgan fingerprint density at radius 1 is 1.47 bits per heavy atom. The van der Waals surface area contributed by atoms with Gasteiger partial charge in [-0.15, -0.1) is 0 Å². The molecule has 1 aromatic rings. The average molecular weight is 268 g/mol. The summed E-state index contributed by atoms with van der Waals surface area (Å²) in [4.78, 5) is 35.6. The maximum absolute atomic E-state index is 11.8. The Hall–Kier alpha value is -2.75. The number of hydrogen-bond donors (Lipinski definition) is 4. The Morgan fingerprint density at radius 2 is 2.16 bits per heavy atom. The van der Waals surface area contributed by atoms with E-state index < -0.39 is 22.6 Å². The van der Waals surface area contributed by atoms with Crippen molar-refractivity contribution in [1.82, 2.24) is 10.3 Å². The zero-order valence-electron chi connectivity index (χ0n) is 9.75. The highest BCUT2D eigenvalue weighted by Gasteiger charge is 2.18. The van der Waals surface area contributed by atoms with Crippen LogP contribution in [0.5, 0.6) is 0 Å². The molecule has 10 heteroatoms. The summed E-state index contributed by atoms with van der Waals surface area (Å²) < 4.78 is 0. The lowest BCUT2D eigenvalue weighted by Crippen LogP contribution is -2.29. The normalized spacial score (nSPS) is 9.74. The van der Waals surface area contributed by atoms with Crippen molar-refractivity contribution in [1.29, 1.82) is 0 Å². The highest BCUT2D eigenvalue weighted by Crippen LogP contribution is 2.18. The van der Waals surface area contributed by atoms with Crippen molar-refractivity contribution in [2.24, 2.45) is 11.6 Å². The number of hydrazine groups is 1. The molecule has 0 radical (unpaired) electrons. The number of primary amides is 1. The van der Waals surface area contributed by atoms with Crippen molar-refractivity contribution in [2.45, 2.75) is 6.42 Å². The number of amides is 2. The van der Waals surface area contributed by atoms with Gasteiger partial charge in [0, 0.05) is 13.0 Å². The molecule has 0 aliphatic rings. The van der Waals surface area contributed by atoms with E-state index in [1.807, 2.05) is 0 Å². The number of nitro groups is 1. The average Bonchev–Trinajstić information content (AvgIpc) is 2.37. The van der Waals surface area contributed by atoms with Gasteiger partial charge in [0.05, 0.1) is 11.6 Å². The first-order valence-corrected chi connectivity index (χ1v) is 5.13. The number of carbonyl (C=O) groups is 2. The maximum atomic E-state index is 11.8. The Morgan fingerprint density at radius 3 is 2.68 bits per heavy atom. The van der Waals surface area contributed by atoms with E-state index in [1.165, 1.54) is 0 Å². The molecular formula is C9H12N6O4. The highest BCUT2D eigenvalue weighted by molar-refractivity contribution is 6.00. The number of anilines is 1. The van der Waals surface area contributed by atoms with Crippen LogP contribution >= 0.6 is 0 Å². The number of nitrogens with two attached hydrogens (primary N) is 2. The van der Waals surface area contributed by atoms with Gasteiger partial charge in [-0.05, 0) is 9.91 Å². The molecular weight excluding hydrogens is 256 g/mol. The number of pyridine rings is 1. The molecule has 0 aliphatic carbocycles. The molecule has 0 fully saturated rings. The molecule has 0 saturated heterocycles. The van der Waals surface area contributed by atoms with E-state index >= 15 is 0 Å². The van der Waals surface area contributed by atoms with Crippen molar-refractivity contribution in [2.75, 3.05) is 12.0 Å². The lowest BCUT2D eigenvalue weighted by Gasteiger charge is -2.07. The van der Waals surface area contributed by atoms with E-state index in [0.717, 1.165) is 12.3 Å². The minimum atomic E-state index is -0.736. The number of nitrogens with zero attached hydrogens (tertiary/aromatic N) is 2. The van der Waals surface area contributed by atoms with Crippen molar-refractivity contribution < 1.29 is 14.5 Å². The van der Waals surface area contributed by atoms with E-state index in [4.69, 9.17) is 11.6 Å². The molecule has 2 amide bonds. The molecule has 0 aromatic carbocycles. The van der Waals surface area contributed by atoms with Crippen LogP contribution in [0.2, 0.25) is 0 Å². The van der Waals surface area contributed by atoms with Crippen molar-refractivity contribution in [3.63, 3.8) is 0 Å². The van der Waals surface area contributed by atoms with Gasteiger partial charge < -0.3 is 26.6 Å². The molecule has 0 bridgehead atoms. The first-order chi connectivity index (χ1) is 8.95. The summed E-state index contributed by atoms with van der Waals surface area (Å²) in [5.74, 6) is 3.49. The zero-order chi connectivity index (χ0) is 14.4. The topological polar surface area (TPSA) is 166 Å². The number of nitrogen functional groups attached to an aromatic ring is 1. The lowest BCUT2D eigenvalue weighted by atomic mass is 10.2. The maximum Gasteiger partial charge on any atom is 0.364 e. The summed E-state index contributed by atoms with van der Waals surface area (Å²) in [5.41, 5.74) is 7.20. The molecule has 6 N–H and O–H groups in total. The van der Waals surface area contributed by atoms with Crippen LogP contribution in [0.4, 0.5) is 11.5 Å². The van der Waals surface area contributed by atoms with Crippen LogP contribution in [0.15, 0.2) is 12.3 Å². The van der Waals surface area contributed by atoms with Gasteiger partial charge in [0.25, 0.3) is 5.91 Å². The predicted molar refractivity (Wildman–Crippen MR) is 64.8 cm³/mol. The third-order valence-electron chi connectivity index (χ3n) is 2.13. The number of hydrogen-bond acceptors (Lipinski definition) is 7. The van der Waals surface area contributed by atoms with Gasteiger partial charge in [0.2, 0.25) is 5.91 Å². The second-order valence-electron chi connectivity index (χ2n) is 3.46. The summed E-state index contributed by atoms with van der Waals surface area (Å²) in [6, 6.07) is 0.981. The van der Waals surface area contributed by atoms with Gasteiger partial charge in [0.1, 0.15) is 5.69 Å². The summed E-state index contributed by atoms with van der Waals surface area (Å²) in [7, 11) is 0. The van der Waals surface area contributed by atoms with E-state index in [1.54, 1.807) is 0 Å². The molecule has 102 valence electrons. The number of rotatable bonds is 6. The van der Waals surface area contributed by atoms with Crippen molar-refractivity contribution in [3.8, 4) is 0 Å². The third-order valence-corrected chi connectivity index (χ3v) is 2.13. The van der Waals surface area contributed by atoms with E-state index in [-0.39, 0.29) is 24.2 Å². The molecule has 1 heterocycles. The fourth-order valence-corrected chi connectivity index (χ4v) is 1.24. The van der Waals surface area contributed by atoms with Crippen LogP contribution < -0.4 is 22.3 Å². The zero-order valence-corrected chi connectivity index (χ0v) is 9.75.